The van der Waals surface area contributed by atoms with Gasteiger partial charge in [-0.3, -0.25) is 0 Å². The fourth-order valence-corrected chi connectivity index (χ4v) is 3.57. The number of hydrogen-bond donors (Lipinski definition) is 1. The van der Waals surface area contributed by atoms with Crippen LogP contribution in [0.4, 0.5) is 0 Å². The summed E-state index contributed by atoms with van der Waals surface area (Å²) in [4.78, 5) is 2.33. The molecule has 152 valence electrons. The monoisotopic (exact) mass is 355 g/mol. The van der Waals surface area contributed by atoms with Gasteiger partial charge >= 0.3 is 0 Å². The summed E-state index contributed by atoms with van der Waals surface area (Å²) >= 11 is 0. The SMILES string of the molecule is CCCCCCCCCCCCN(C)CC(O)CCCCCCCC. The van der Waals surface area contributed by atoms with E-state index in [1.165, 1.54) is 103 Å². The molecule has 0 saturated carbocycles. The Labute approximate surface area is 159 Å². The van der Waals surface area contributed by atoms with E-state index in [1.807, 2.05) is 0 Å². The quantitative estimate of drug-likeness (QED) is 0.239. The first-order valence-electron chi connectivity index (χ1n) is 11.6. The van der Waals surface area contributed by atoms with Gasteiger partial charge in [0, 0.05) is 6.54 Å². The van der Waals surface area contributed by atoms with Gasteiger partial charge in [-0.1, -0.05) is 110 Å². The summed E-state index contributed by atoms with van der Waals surface area (Å²) in [6.07, 6.45) is 22.7. The minimum absolute atomic E-state index is 0.126. The van der Waals surface area contributed by atoms with Crippen LogP contribution in [0.5, 0.6) is 0 Å². The van der Waals surface area contributed by atoms with Crippen LogP contribution < -0.4 is 0 Å². The number of rotatable bonds is 20. The highest BCUT2D eigenvalue weighted by atomic mass is 16.3. The third-order valence-electron chi connectivity index (χ3n) is 5.31. The van der Waals surface area contributed by atoms with Crippen LogP contribution in [0.1, 0.15) is 123 Å². The van der Waals surface area contributed by atoms with Gasteiger partial charge in [0.05, 0.1) is 6.10 Å². The summed E-state index contributed by atoms with van der Waals surface area (Å²) in [6, 6.07) is 0. The maximum absolute atomic E-state index is 10.1. The van der Waals surface area contributed by atoms with Gasteiger partial charge in [0.25, 0.3) is 0 Å². The number of hydrogen-bond acceptors (Lipinski definition) is 2. The fraction of sp³-hybridized carbons (Fsp3) is 1.00. The van der Waals surface area contributed by atoms with E-state index < -0.39 is 0 Å². The van der Waals surface area contributed by atoms with Gasteiger partial charge in [-0.05, 0) is 26.4 Å². The van der Waals surface area contributed by atoms with Gasteiger partial charge < -0.3 is 10.0 Å². The van der Waals surface area contributed by atoms with Crippen molar-refractivity contribution >= 4 is 0 Å². The summed E-state index contributed by atoms with van der Waals surface area (Å²) < 4.78 is 0. The van der Waals surface area contributed by atoms with Crippen molar-refractivity contribution < 1.29 is 5.11 Å². The normalized spacial score (nSPS) is 12.8. The van der Waals surface area contributed by atoms with E-state index in [9.17, 15) is 5.11 Å². The van der Waals surface area contributed by atoms with E-state index in [-0.39, 0.29) is 6.10 Å². The second kappa shape index (κ2) is 20.2. The molecule has 0 heterocycles. The molecular weight excluding hydrogens is 306 g/mol. The van der Waals surface area contributed by atoms with Crippen LogP contribution in [0.3, 0.4) is 0 Å². The molecule has 1 unspecified atom stereocenters. The summed E-state index contributed by atoms with van der Waals surface area (Å²) in [7, 11) is 2.16. The summed E-state index contributed by atoms with van der Waals surface area (Å²) in [5.74, 6) is 0. The molecule has 0 aromatic heterocycles. The largest absolute Gasteiger partial charge is 0.392 e. The lowest BCUT2D eigenvalue weighted by Gasteiger charge is -2.20. The van der Waals surface area contributed by atoms with E-state index in [0.29, 0.717) is 0 Å². The zero-order valence-electron chi connectivity index (χ0n) is 17.9. The van der Waals surface area contributed by atoms with Crippen molar-refractivity contribution in [3.8, 4) is 0 Å². The molecule has 25 heavy (non-hydrogen) atoms. The van der Waals surface area contributed by atoms with E-state index in [1.54, 1.807) is 0 Å². The number of nitrogens with zero attached hydrogens (tertiary/aromatic N) is 1. The van der Waals surface area contributed by atoms with E-state index in [4.69, 9.17) is 0 Å². The summed E-state index contributed by atoms with van der Waals surface area (Å²) in [5, 5.41) is 10.1. The number of aliphatic hydroxyl groups excluding tert-OH is 1. The maximum Gasteiger partial charge on any atom is 0.0667 e. The maximum atomic E-state index is 10.1. The number of unbranched alkanes of at least 4 members (excludes halogenated alkanes) is 14. The van der Waals surface area contributed by atoms with Crippen molar-refractivity contribution in [2.24, 2.45) is 0 Å². The molecule has 0 aliphatic heterocycles. The third-order valence-corrected chi connectivity index (χ3v) is 5.31. The molecule has 0 aliphatic carbocycles. The molecule has 1 N–H and O–H groups in total. The Kier molecular flexibility index (Phi) is 20.2. The number of aliphatic hydroxyl groups is 1. The van der Waals surface area contributed by atoms with Crippen LogP contribution in [-0.4, -0.2) is 36.2 Å². The van der Waals surface area contributed by atoms with E-state index in [2.05, 4.69) is 25.8 Å². The molecule has 0 spiro atoms. The van der Waals surface area contributed by atoms with Crippen LogP contribution in [-0.2, 0) is 0 Å². The second-order valence-corrected chi connectivity index (χ2v) is 8.15. The van der Waals surface area contributed by atoms with Gasteiger partial charge in [-0.25, -0.2) is 0 Å². The van der Waals surface area contributed by atoms with Gasteiger partial charge in [0.15, 0.2) is 0 Å². The Balaban J connectivity index is 3.29. The summed E-state index contributed by atoms with van der Waals surface area (Å²) in [6.45, 7) is 6.54. The molecule has 0 fully saturated rings. The zero-order chi connectivity index (χ0) is 18.6. The molecule has 0 bridgehead atoms. The van der Waals surface area contributed by atoms with Gasteiger partial charge in [-0.15, -0.1) is 0 Å². The molecule has 0 amide bonds. The molecule has 1 atom stereocenters. The lowest BCUT2D eigenvalue weighted by atomic mass is 10.1. The highest BCUT2D eigenvalue weighted by Gasteiger charge is 2.07. The van der Waals surface area contributed by atoms with Crippen molar-refractivity contribution in [3.05, 3.63) is 0 Å². The Bertz CT molecular complexity index is 244. The predicted molar refractivity (Wildman–Crippen MR) is 113 cm³/mol. The van der Waals surface area contributed by atoms with Crippen LogP contribution in [0.15, 0.2) is 0 Å². The minimum Gasteiger partial charge on any atom is -0.392 e. The molecule has 0 aromatic rings. The first kappa shape index (κ1) is 24.9. The highest BCUT2D eigenvalue weighted by molar-refractivity contribution is 4.62. The molecule has 2 heteroatoms. The smallest absolute Gasteiger partial charge is 0.0667 e. The van der Waals surface area contributed by atoms with Crippen molar-refractivity contribution in [2.75, 3.05) is 20.1 Å². The Hall–Kier alpha value is -0.0800. The fourth-order valence-electron chi connectivity index (χ4n) is 3.57. The molecule has 0 saturated heterocycles. The summed E-state index contributed by atoms with van der Waals surface area (Å²) in [5.41, 5.74) is 0. The average molecular weight is 356 g/mol. The van der Waals surface area contributed by atoms with Crippen LogP contribution in [0.25, 0.3) is 0 Å². The van der Waals surface area contributed by atoms with Crippen LogP contribution in [0, 0.1) is 0 Å². The van der Waals surface area contributed by atoms with Crippen LogP contribution in [0.2, 0.25) is 0 Å². The standard InChI is InChI=1S/C23H49NO/c1-4-6-8-10-12-13-14-15-17-19-21-24(3)22-23(25)20-18-16-11-9-7-5-2/h23,25H,4-22H2,1-3H3. The third kappa shape index (κ3) is 20.1. The van der Waals surface area contributed by atoms with Gasteiger partial charge in [0.2, 0.25) is 0 Å². The van der Waals surface area contributed by atoms with Crippen molar-refractivity contribution in [1.82, 2.24) is 4.90 Å². The highest BCUT2D eigenvalue weighted by Crippen LogP contribution is 2.12. The van der Waals surface area contributed by atoms with Crippen molar-refractivity contribution in [2.45, 2.75) is 129 Å². The van der Waals surface area contributed by atoms with Crippen molar-refractivity contribution in [3.63, 3.8) is 0 Å². The first-order chi connectivity index (χ1) is 12.2. The van der Waals surface area contributed by atoms with E-state index in [0.717, 1.165) is 19.5 Å². The first-order valence-corrected chi connectivity index (χ1v) is 11.6. The Morgan fingerprint density at radius 3 is 1.48 bits per heavy atom. The topological polar surface area (TPSA) is 23.5 Å². The molecule has 0 radical (unpaired) electrons. The van der Waals surface area contributed by atoms with Gasteiger partial charge in [0.1, 0.15) is 0 Å². The van der Waals surface area contributed by atoms with Crippen LogP contribution >= 0.6 is 0 Å². The lowest BCUT2D eigenvalue weighted by Crippen LogP contribution is -2.29. The predicted octanol–water partition coefficient (Wildman–Crippen LogP) is 6.95. The van der Waals surface area contributed by atoms with Crippen molar-refractivity contribution in [1.29, 1.82) is 0 Å². The Morgan fingerprint density at radius 2 is 1.00 bits per heavy atom. The lowest BCUT2D eigenvalue weighted by molar-refractivity contribution is 0.114. The molecule has 0 aromatic carbocycles. The van der Waals surface area contributed by atoms with Gasteiger partial charge in [-0.2, -0.15) is 0 Å². The molecule has 2 nitrogen and oxygen atoms in total. The molecular formula is C23H49NO. The number of likely N-dealkylation sites (N-methyl/N-ethyl adjacent to an activating group) is 1. The van der Waals surface area contributed by atoms with E-state index >= 15 is 0 Å². The second-order valence-electron chi connectivity index (χ2n) is 8.15. The zero-order valence-corrected chi connectivity index (χ0v) is 17.9. The Morgan fingerprint density at radius 1 is 0.600 bits per heavy atom. The minimum atomic E-state index is -0.126. The molecule has 0 aliphatic rings. The molecule has 0 rings (SSSR count). The average Bonchev–Trinajstić information content (AvgIpc) is 2.59.